The summed E-state index contributed by atoms with van der Waals surface area (Å²) in [5.74, 6) is -1.98. The van der Waals surface area contributed by atoms with E-state index in [1.807, 2.05) is 21.1 Å². The Morgan fingerprint density at radius 1 is 0.326 bits per heavy atom. The van der Waals surface area contributed by atoms with Crippen LogP contribution in [0.25, 0.3) is 0 Å². The van der Waals surface area contributed by atoms with Gasteiger partial charge < -0.3 is 28.5 Å². The fraction of sp³-hybridized carbons (Fsp3) is 0.849. The molecule has 0 aliphatic rings. The van der Waals surface area contributed by atoms with Gasteiger partial charge in [0, 0.05) is 12.8 Å². The molecule has 2 atom stereocenters. The van der Waals surface area contributed by atoms with Crippen molar-refractivity contribution in [2.45, 2.75) is 424 Å². The predicted octanol–water partition coefficient (Wildman–Crippen LogP) is 26.6. The summed E-state index contributed by atoms with van der Waals surface area (Å²) in [6.07, 6.45) is 99.7. The van der Waals surface area contributed by atoms with Gasteiger partial charge >= 0.3 is 17.9 Å². The minimum absolute atomic E-state index is 0.178. The average Bonchev–Trinajstić information content (AvgIpc) is 3.24. The first kappa shape index (κ1) is 92.0. The fourth-order valence-electron chi connectivity index (χ4n) is 12.5. The van der Waals surface area contributed by atoms with E-state index >= 15 is 0 Å². The first-order chi connectivity index (χ1) is 46.6. The summed E-state index contributed by atoms with van der Waals surface area (Å²) in [5, 5.41) is 9.78. The van der Waals surface area contributed by atoms with Crippen molar-refractivity contribution < 1.29 is 42.9 Å². The minimum Gasteiger partial charge on any atom is -0.477 e. The zero-order chi connectivity index (χ0) is 69.0. The van der Waals surface area contributed by atoms with Crippen molar-refractivity contribution in [2.24, 2.45) is 0 Å². The van der Waals surface area contributed by atoms with Gasteiger partial charge in [0.2, 0.25) is 0 Å². The van der Waals surface area contributed by atoms with Crippen LogP contribution in [-0.4, -0.2) is 87.4 Å². The first-order valence-corrected chi connectivity index (χ1v) is 41.5. The molecule has 0 aromatic carbocycles. The highest BCUT2D eigenvalue weighted by Crippen LogP contribution is 2.20. The van der Waals surface area contributed by atoms with E-state index in [0.29, 0.717) is 17.4 Å². The zero-order valence-corrected chi connectivity index (χ0v) is 63.8. The highest BCUT2D eigenvalue weighted by atomic mass is 16.7. The van der Waals surface area contributed by atoms with Crippen molar-refractivity contribution in [3.63, 3.8) is 0 Å². The third-order valence-electron chi connectivity index (χ3n) is 18.8. The third kappa shape index (κ3) is 78.2. The number of carboxylic acids is 1. The second-order valence-electron chi connectivity index (χ2n) is 29.4. The summed E-state index contributed by atoms with van der Waals surface area (Å²) in [6.45, 7) is 4.84. The molecule has 0 bridgehead atoms. The lowest BCUT2D eigenvalue weighted by Gasteiger charge is -2.25. The minimum atomic E-state index is -1.51. The number of unbranched alkanes of at least 4 members (excludes halogenated alkanes) is 53. The Morgan fingerprint density at radius 3 is 0.895 bits per heavy atom. The van der Waals surface area contributed by atoms with Crippen LogP contribution >= 0.6 is 0 Å². The molecule has 0 fully saturated rings. The Kier molecular flexibility index (Phi) is 74.3. The Bertz CT molecular complexity index is 1750. The van der Waals surface area contributed by atoms with E-state index < -0.39 is 18.4 Å². The van der Waals surface area contributed by atoms with Crippen molar-refractivity contribution in [1.29, 1.82) is 0 Å². The second kappa shape index (κ2) is 76.7. The smallest absolute Gasteiger partial charge is 0.361 e. The van der Waals surface area contributed by atoms with E-state index in [0.717, 1.165) is 70.6 Å². The van der Waals surface area contributed by atoms with E-state index in [-0.39, 0.29) is 38.2 Å². The molecule has 1 N–H and O–H groups in total. The van der Waals surface area contributed by atoms with Gasteiger partial charge in [-0.25, -0.2) is 4.79 Å². The van der Waals surface area contributed by atoms with Crippen molar-refractivity contribution in [1.82, 2.24) is 0 Å². The molecule has 0 radical (unpaired) electrons. The number of quaternary nitrogens is 1. The number of carboxylic acid groups (broad SMARTS) is 1. The number of carbonyl (C=O) groups excluding carboxylic acids is 2. The van der Waals surface area contributed by atoms with Crippen LogP contribution in [0, 0.1) is 0 Å². The van der Waals surface area contributed by atoms with Crippen molar-refractivity contribution in [2.75, 3.05) is 47.5 Å². The van der Waals surface area contributed by atoms with Crippen LogP contribution in [0.5, 0.6) is 0 Å². The van der Waals surface area contributed by atoms with E-state index in [9.17, 15) is 19.5 Å². The van der Waals surface area contributed by atoms with Crippen LogP contribution in [-0.2, 0) is 33.3 Å². The molecule has 2 unspecified atom stereocenters. The highest BCUT2D eigenvalue weighted by molar-refractivity contribution is 5.71. The van der Waals surface area contributed by atoms with Crippen molar-refractivity contribution in [3.8, 4) is 0 Å². The number of likely N-dealkylation sites (N-methyl/N-ethyl adjacent to an activating group) is 1. The quantitative estimate of drug-likeness (QED) is 0.0211. The molecule has 0 aliphatic heterocycles. The van der Waals surface area contributed by atoms with Gasteiger partial charge in [0.05, 0.1) is 34.4 Å². The highest BCUT2D eigenvalue weighted by Gasteiger charge is 2.25. The molecule has 9 nitrogen and oxygen atoms in total. The van der Waals surface area contributed by atoms with Crippen LogP contribution in [0.1, 0.15) is 412 Å². The zero-order valence-electron chi connectivity index (χ0n) is 63.8. The van der Waals surface area contributed by atoms with Crippen LogP contribution < -0.4 is 0 Å². The third-order valence-corrected chi connectivity index (χ3v) is 18.8. The number of allylic oxidation sites excluding steroid dienone is 10. The lowest BCUT2D eigenvalue weighted by Crippen LogP contribution is -2.40. The van der Waals surface area contributed by atoms with Crippen LogP contribution in [0.3, 0.4) is 0 Å². The van der Waals surface area contributed by atoms with Gasteiger partial charge in [-0.05, 0) is 57.8 Å². The van der Waals surface area contributed by atoms with Gasteiger partial charge in [0.15, 0.2) is 6.10 Å². The molecular formula is C86H160NO8+. The van der Waals surface area contributed by atoms with Gasteiger partial charge in [-0.2, -0.15) is 0 Å². The Morgan fingerprint density at radius 2 is 0.600 bits per heavy atom. The molecule has 0 saturated heterocycles. The van der Waals surface area contributed by atoms with Gasteiger partial charge in [-0.3, -0.25) is 9.59 Å². The number of nitrogens with zero attached hydrogens (tertiary/aromatic N) is 1. The van der Waals surface area contributed by atoms with Gasteiger partial charge in [0.1, 0.15) is 13.2 Å². The van der Waals surface area contributed by atoms with E-state index in [2.05, 4.69) is 74.6 Å². The number of carbonyl (C=O) groups is 3. The van der Waals surface area contributed by atoms with Crippen molar-refractivity contribution in [3.05, 3.63) is 60.8 Å². The fourth-order valence-corrected chi connectivity index (χ4v) is 12.5. The standard InChI is InChI=1S/C86H159NO8/c1-6-8-10-12-14-16-18-20-22-24-26-28-30-32-34-36-38-39-40-41-42-43-44-45-47-48-50-52-54-56-58-60-62-64-66-68-70-72-74-76-83(88)93-80-82(81-94-86(85(90)91)92-79-78-87(3,4)5)95-84(89)77-75-73-71-69-67-65-63-61-59-57-55-53-51-49-46-37-35-33-31-29-27-25-23-21-19-17-15-13-11-9-7-2/h9,11,15,17,21,23,27,29,33,35,82,86H,6-8,10,12-14,16,18-20,22,24-26,28,30-32,34,36-81H2,1-5H3/p+1/b11-9-,17-15-,23-21-,29-27-,35-33-. The van der Waals surface area contributed by atoms with Gasteiger partial charge in [-0.15, -0.1) is 0 Å². The number of hydrogen-bond donors (Lipinski definition) is 1. The maximum Gasteiger partial charge on any atom is 0.361 e. The lowest BCUT2D eigenvalue weighted by atomic mass is 10.0. The molecule has 0 saturated carbocycles. The van der Waals surface area contributed by atoms with Crippen LogP contribution in [0.4, 0.5) is 0 Å². The molecule has 0 amide bonds. The molecule has 0 aromatic rings. The Balaban J connectivity index is 3.94. The van der Waals surface area contributed by atoms with E-state index in [1.54, 1.807) is 0 Å². The predicted molar refractivity (Wildman–Crippen MR) is 410 cm³/mol. The summed E-state index contributed by atoms with van der Waals surface area (Å²) >= 11 is 0. The van der Waals surface area contributed by atoms with Gasteiger partial charge in [-0.1, -0.05) is 402 Å². The molecular weight excluding hydrogens is 1170 g/mol. The maximum absolute atomic E-state index is 13.0. The number of hydrogen-bond acceptors (Lipinski definition) is 7. The topological polar surface area (TPSA) is 108 Å². The Hall–Kier alpha value is -3.01. The summed E-state index contributed by atoms with van der Waals surface area (Å²) < 4.78 is 23.1. The molecule has 95 heavy (non-hydrogen) atoms. The summed E-state index contributed by atoms with van der Waals surface area (Å²) in [4.78, 5) is 37.8. The first-order valence-electron chi connectivity index (χ1n) is 41.5. The molecule has 0 aliphatic carbocycles. The summed E-state index contributed by atoms with van der Waals surface area (Å²) in [7, 11) is 6.00. The normalized spacial score (nSPS) is 12.9. The monoisotopic (exact) mass is 1340 g/mol. The van der Waals surface area contributed by atoms with Crippen LogP contribution in [0.15, 0.2) is 60.8 Å². The summed E-state index contributed by atoms with van der Waals surface area (Å²) in [6, 6.07) is 0. The van der Waals surface area contributed by atoms with Gasteiger partial charge in [0.25, 0.3) is 6.29 Å². The van der Waals surface area contributed by atoms with E-state index in [4.69, 9.17) is 18.9 Å². The molecule has 0 aromatic heterocycles. The lowest BCUT2D eigenvalue weighted by molar-refractivity contribution is -0.870. The maximum atomic E-state index is 13.0. The average molecular weight is 1340 g/mol. The molecule has 0 rings (SSSR count). The number of rotatable bonds is 78. The molecule has 9 heteroatoms. The van der Waals surface area contributed by atoms with Crippen molar-refractivity contribution >= 4 is 17.9 Å². The summed E-state index contributed by atoms with van der Waals surface area (Å²) in [5.41, 5.74) is 0. The molecule has 556 valence electrons. The number of esters is 2. The van der Waals surface area contributed by atoms with E-state index in [1.165, 1.54) is 315 Å². The molecule has 0 heterocycles. The second-order valence-corrected chi connectivity index (χ2v) is 29.4. The Labute approximate surface area is 590 Å². The largest absolute Gasteiger partial charge is 0.477 e. The number of aliphatic carboxylic acids is 1. The SMILES string of the molecule is CC/C=C\C/C=C\C/C=C\C/C=C\C/C=C\CCCCCCCCCCCCCCCCCC(=O)OC(COC(=O)CCCCCCCCCCCCCCCCCCCCCCCCCCCCCCCCCCCCCCCCC)COC(OCC[N+](C)(C)C)C(=O)O. The molecule has 0 spiro atoms. The number of ether oxygens (including phenoxy) is 4. The van der Waals surface area contributed by atoms with Crippen LogP contribution in [0.2, 0.25) is 0 Å².